The van der Waals surface area contributed by atoms with Gasteiger partial charge in [-0.05, 0) is 61.4 Å². The predicted octanol–water partition coefficient (Wildman–Crippen LogP) is 3.23. The summed E-state index contributed by atoms with van der Waals surface area (Å²) in [5.41, 5.74) is 6.38. The van der Waals surface area contributed by atoms with Gasteiger partial charge in [0, 0.05) is 37.9 Å². The van der Waals surface area contributed by atoms with E-state index in [9.17, 15) is 13.6 Å². The molecular weight excluding hydrogens is 388 g/mol. The van der Waals surface area contributed by atoms with Gasteiger partial charge < -0.3 is 4.90 Å². The van der Waals surface area contributed by atoms with Gasteiger partial charge in [-0.25, -0.2) is 23.8 Å². The number of aryl methyl sites for hydroxylation is 1. The van der Waals surface area contributed by atoms with Crippen LogP contribution in [0, 0.1) is 12.8 Å². The molecule has 1 saturated heterocycles. The van der Waals surface area contributed by atoms with E-state index in [4.69, 9.17) is 0 Å². The molecule has 0 radical (unpaired) electrons. The zero-order valence-corrected chi connectivity index (χ0v) is 17.2. The lowest BCUT2D eigenvalue weighted by Crippen LogP contribution is -2.44. The number of anilines is 1. The Hall–Kier alpha value is -2.61. The lowest BCUT2D eigenvalue weighted by atomic mass is 10.0. The summed E-state index contributed by atoms with van der Waals surface area (Å²) in [5.74, 6) is -2.25. The van der Waals surface area contributed by atoms with Crippen LogP contribution in [-0.4, -0.2) is 53.0 Å². The Labute approximate surface area is 175 Å². The minimum atomic E-state index is -2.61. The summed E-state index contributed by atoms with van der Waals surface area (Å²) >= 11 is 0. The van der Waals surface area contributed by atoms with Crippen molar-refractivity contribution in [1.29, 1.82) is 0 Å². The summed E-state index contributed by atoms with van der Waals surface area (Å²) in [5, 5.41) is 1.96. The minimum Gasteiger partial charge on any atom is -0.365 e. The SMILES string of the molecule is Cc1ccc(N2CCC(F)(F)C2)cc1CCN(CC1CC1)NC(=O)c1ccncn1. The van der Waals surface area contributed by atoms with Crippen LogP contribution in [0.5, 0.6) is 0 Å². The molecule has 160 valence electrons. The number of rotatable bonds is 8. The maximum Gasteiger partial charge on any atom is 0.284 e. The maximum atomic E-state index is 13.6. The molecule has 4 rings (SSSR count). The molecular formula is C22H27F2N5O. The lowest BCUT2D eigenvalue weighted by Gasteiger charge is -2.24. The van der Waals surface area contributed by atoms with Gasteiger partial charge in [0.05, 0.1) is 6.54 Å². The van der Waals surface area contributed by atoms with Crippen LogP contribution in [0.4, 0.5) is 14.5 Å². The molecule has 8 heteroatoms. The van der Waals surface area contributed by atoms with E-state index >= 15 is 0 Å². The number of carbonyl (C=O) groups excluding carboxylic acids is 1. The van der Waals surface area contributed by atoms with E-state index in [-0.39, 0.29) is 18.9 Å². The normalized spacial score (nSPS) is 18.1. The average Bonchev–Trinajstić information content (AvgIpc) is 3.47. The highest BCUT2D eigenvalue weighted by Gasteiger charge is 2.38. The number of hydrazine groups is 1. The lowest BCUT2D eigenvalue weighted by molar-refractivity contribution is 0.0257. The van der Waals surface area contributed by atoms with Gasteiger partial charge in [-0.3, -0.25) is 10.2 Å². The van der Waals surface area contributed by atoms with Gasteiger partial charge in [0.1, 0.15) is 12.0 Å². The summed E-state index contributed by atoms with van der Waals surface area (Å²) in [4.78, 5) is 22.1. The first kappa shape index (κ1) is 20.7. The number of hydrogen-bond acceptors (Lipinski definition) is 5. The van der Waals surface area contributed by atoms with E-state index in [1.54, 1.807) is 17.2 Å². The molecule has 2 heterocycles. The molecule has 1 aromatic carbocycles. The third-order valence-electron chi connectivity index (χ3n) is 5.77. The average molecular weight is 415 g/mol. The molecule has 0 bridgehead atoms. The fourth-order valence-electron chi connectivity index (χ4n) is 3.77. The van der Waals surface area contributed by atoms with Gasteiger partial charge in [-0.2, -0.15) is 0 Å². The quantitative estimate of drug-likeness (QED) is 0.671. The number of hydrogen-bond donors (Lipinski definition) is 1. The van der Waals surface area contributed by atoms with E-state index in [1.165, 1.54) is 19.2 Å². The van der Waals surface area contributed by atoms with Crippen LogP contribution < -0.4 is 10.3 Å². The second kappa shape index (κ2) is 8.63. The second-order valence-corrected chi connectivity index (χ2v) is 8.31. The Balaban J connectivity index is 1.41. The first-order chi connectivity index (χ1) is 14.4. The minimum absolute atomic E-state index is 0.0968. The number of carbonyl (C=O) groups is 1. The fourth-order valence-corrected chi connectivity index (χ4v) is 3.77. The largest absolute Gasteiger partial charge is 0.365 e. The summed E-state index contributed by atoms with van der Waals surface area (Å²) < 4.78 is 27.2. The molecule has 0 spiro atoms. The molecule has 1 amide bonds. The van der Waals surface area contributed by atoms with E-state index in [2.05, 4.69) is 15.4 Å². The first-order valence-corrected chi connectivity index (χ1v) is 10.4. The number of halogens is 2. The standard InChI is InChI=1S/C22H27F2N5O/c1-16-2-5-19(28-11-8-22(23,24)14-28)12-18(16)7-10-29(13-17-3-4-17)27-21(30)20-6-9-25-15-26-20/h2,5-6,9,12,15,17H,3-4,7-8,10-11,13-14H2,1H3,(H,27,30). The molecule has 1 aromatic heterocycles. The maximum absolute atomic E-state index is 13.6. The van der Waals surface area contributed by atoms with Crippen molar-refractivity contribution in [3.8, 4) is 0 Å². The highest BCUT2D eigenvalue weighted by Crippen LogP contribution is 2.32. The number of nitrogens with zero attached hydrogens (tertiary/aromatic N) is 4. The number of benzene rings is 1. The molecule has 1 aliphatic heterocycles. The van der Waals surface area contributed by atoms with Crippen LogP contribution in [-0.2, 0) is 6.42 Å². The predicted molar refractivity (Wildman–Crippen MR) is 110 cm³/mol. The van der Waals surface area contributed by atoms with Gasteiger partial charge in [-0.15, -0.1) is 0 Å². The van der Waals surface area contributed by atoms with Gasteiger partial charge in [0.15, 0.2) is 0 Å². The molecule has 2 aromatic rings. The monoisotopic (exact) mass is 415 g/mol. The summed E-state index contributed by atoms with van der Waals surface area (Å²) in [6, 6.07) is 7.51. The Morgan fingerprint density at radius 3 is 2.83 bits per heavy atom. The summed E-state index contributed by atoms with van der Waals surface area (Å²) in [6.07, 6.45) is 5.89. The van der Waals surface area contributed by atoms with E-state index < -0.39 is 5.92 Å². The molecule has 2 aliphatic rings. The summed E-state index contributed by atoms with van der Waals surface area (Å²) in [6.45, 7) is 3.63. The number of alkyl halides is 2. The first-order valence-electron chi connectivity index (χ1n) is 10.4. The van der Waals surface area contributed by atoms with Crippen molar-refractivity contribution in [3.63, 3.8) is 0 Å². The van der Waals surface area contributed by atoms with Crippen LogP contribution in [0.2, 0.25) is 0 Å². The number of aromatic nitrogens is 2. The third kappa shape index (κ3) is 5.30. The van der Waals surface area contributed by atoms with Crippen LogP contribution in [0.3, 0.4) is 0 Å². The highest BCUT2D eigenvalue weighted by molar-refractivity contribution is 5.91. The smallest absolute Gasteiger partial charge is 0.284 e. The number of nitrogens with one attached hydrogen (secondary N) is 1. The van der Waals surface area contributed by atoms with Crippen molar-refractivity contribution in [2.75, 3.05) is 31.1 Å². The van der Waals surface area contributed by atoms with E-state index in [0.29, 0.717) is 24.7 Å². The Kier molecular flexibility index (Phi) is 5.94. The Morgan fingerprint density at radius 1 is 1.33 bits per heavy atom. The highest BCUT2D eigenvalue weighted by atomic mass is 19.3. The third-order valence-corrected chi connectivity index (χ3v) is 5.77. The van der Waals surface area contributed by atoms with Gasteiger partial charge in [0.2, 0.25) is 0 Å². The Morgan fingerprint density at radius 2 is 2.17 bits per heavy atom. The van der Waals surface area contributed by atoms with Crippen LogP contribution in [0.25, 0.3) is 0 Å². The zero-order valence-electron chi connectivity index (χ0n) is 17.2. The second-order valence-electron chi connectivity index (χ2n) is 8.31. The molecule has 30 heavy (non-hydrogen) atoms. The molecule has 1 saturated carbocycles. The van der Waals surface area contributed by atoms with Crippen molar-refractivity contribution >= 4 is 11.6 Å². The molecule has 2 fully saturated rings. The van der Waals surface area contributed by atoms with E-state index in [1.807, 2.05) is 30.1 Å². The molecule has 1 aliphatic carbocycles. The molecule has 0 atom stereocenters. The van der Waals surface area contributed by atoms with Crippen LogP contribution in [0.1, 0.15) is 40.9 Å². The molecule has 0 unspecified atom stereocenters. The molecule has 6 nitrogen and oxygen atoms in total. The van der Waals surface area contributed by atoms with Crippen LogP contribution >= 0.6 is 0 Å². The zero-order chi connectivity index (χ0) is 21.1. The van der Waals surface area contributed by atoms with Gasteiger partial charge in [-0.1, -0.05) is 6.07 Å². The van der Waals surface area contributed by atoms with Crippen molar-refractivity contribution in [2.45, 2.75) is 38.5 Å². The van der Waals surface area contributed by atoms with Crippen molar-refractivity contribution < 1.29 is 13.6 Å². The van der Waals surface area contributed by atoms with Crippen molar-refractivity contribution in [1.82, 2.24) is 20.4 Å². The molecule has 1 N–H and O–H groups in total. The Bertz CT molecular complexity index is 888. The fraction of sp³-hybridized carbons (Fsp3) is 0.500. The van der Waals surface area contributed by atoms with Crippen molar-refractivity contribution in [3.05, 3.63) is 53.6 Å². The van der Waals surface area contributed by atoms with Crippen molar-refractivity contribution in [2.24, 2.45) is 5.92 Å². The van der Waals surface area contributed by atoms with Crippen LogP contribution in [0.15, 0.2) is 36.8 Å². The number of amides is 1. The van der Waals surface area contributed by atoms with Gasteiger partial charge in [0.25, 0.3) is 11.8 Å². The van der Waals surface area contributed by atoms with E-state index in [0.717, 1.165) is 29.8 Å². The van der Waals surface area contributed by atoms with Gasteiger partial charge >= 0.3 is 0 Å². The summed E-state index contributed by atoms with van der Waals surface area (Å²) in [7, 11) is 0. The topological polar surface area (TPSA) is 61.4 Å².